The quantitative estimate of drug-likeness (QED) is 0.799. The second-order valence-electron chi connectivity index (χ2n) is 6.98. The SMILES string of the molecule is CC(CC(=O)NCc1ccc(Oc2ccccc2)nc1)C1CCCNC1. The highest BCUT2D eigenvalue weighted by Gasteiger charge is 2.21. The first kappa shape index (κ1) is 18.4. The molecule has 5 heteroatoms. The molecule has 0 spiro atoms. The van der Waals surface area contributed by atoms with Crippen LogP contribution in [0.25, 0.3) is 0 Å². The van der Waals surface area contributed by atoms with Gasteiger partial charge in [-0.3, -0.25) is 4.79 Å². The van der Waals surface area contributed by atoms with Crippen LogP contribution >= 0.6 is 0 Å². The highest BCUT2D eigenvalue weighted by Crippen LogP contribution is 2.22. The summed E-state index contributed by atoms with van der Waals surface area (Å²) in [7, 11) is 0. The number of benzene rings is 1. The third-order valence-corrected chi connectivity index (χ3v) is 4.90. The van der Waals surface area contributed by atoms with Crippen molar-refractivity contribution in [3.05, 3.63) is 54.2 Å². The Bertz CT molecular complexity index is 682. The van der Waals surface area contributed by atoms with E-state index in [1.165, 1.54) is 12.8 Å². The Kier molecular flexibility index (Phi) is 6.61. The molecule has 0 aliphatic carbocycles. The minimum absolute atomic E-state index is 0.104. The molecule has 3 rings (SSSR count). The van der Waals surface area contributed by atoms with Crippen molar-refractivity contribution in [1.29, 1.82) is 0 Å². The van der Waals surface area contributed by atoms with Crippen molar-refractivity contribution in [3.8, 4) is 11.6 Å². The summed E-state index contributed by atoms with van der Waals surface area (Å²) in [5.74, 6) is 2.41. The summed E-state index contributed by atoms with van der Waals surface area (Å²) in [4.78, 5) is 16.5. The van der Waals surface area contributed by atoms with Crippen molar-refractivity contribution in [2.75, 3.05) is 13.1 Å². The summed E-state index contributed by atoms with van der Waals surface area (Å²) in [6, 6.07) is 13.3. The number of hydrogen-bond acceptors (Lipinski definition) is 4. The molecule has 26 heavy (non-hydrogen) atoms. The third-order valence-electron chi connectivity index (χ3n) is 4.90. The summed E-state index contributed by atoms with van der Waals surface area (Å²) >= 11 is 0. The largest absolute Gasteiger partial charge is 0.439 e. The molecule has 0 saturated carbocycles. The smallest absolute Gasteiger partial charge is 0.220 e. The van der Waals surface area contributed by atoms with Gasteiger partial charge in [0.2, 0.25) is 11.8 Å². The predicted octanol–water partition coefficient (Wildman–Crippen LogP) is 3.52. The second kappa shape index (κ2) is 9.34. The molecule has 2 heterocycles. The number of piperidine rings is 1. The van der Waals surface area contributed by atoms with Gasteiger partial charge in [-0.15, -0.1) is 0 Å². The normalized spacial score (nSPS) is 18.1. The number of aromatic nitrogens is 1. The zero-order valence-corrected chi connectivity index (χ0v) is 15.3. The van der Waals surface area contributed by atoms with E-state index in [1.807, 2.05) is 42.5 Å². The molecule has 1 aromatic carbocycles. The molecule has 0 radical (unpaired) electrons. The van der Waals surface area contributed by atoms with E-state index in [9.17, 15) is 4.79 Å². The van der Waals surface area contributed by atoms with Gasteiger partial charge in [0.1, 0.15) is 5.75 Å². The van der Waals surface area contributed by atoms with E-state index in [-0.39, 0.29) is 5.91 Å². The van der Waals surface area contributed by atoms with Gasteiger partial charge >= 0.3 is 0 Å². The number of pyridine rings is 1. The maximum atomic E-state index is 12.2. The highest BCUT2D eigenvalue weighted by molar-refractivity contribution is 5.76. The summed E-state index contributed by atoms with van der Waals surface area (Å²) in [5, 5.41) is 6.42. The second-order valence-corrected chi connectivity index (χ2v) is 6.98. The summed E-state index contributed by atoms with van der Waals surface area (Å²) < 4.78 is 5.67. The van der Waals surface area contributed by atoms with Crippen LogP contribution in [0.5, 0.6) is 11.6 Å². The molecular formula is C21H27N3O2. The summed E-state index contributed by atoms with van der Waals surface area (Å²) in [6.07, 6.45) is 4.75. The minimum atomic E-state index is 0.104. The van der Waals surface area contributed by atoms with Gasteiger partial charge < -0.3 is 15.4 Å². The van der Waals surface area contributed by atoms with Crippen LogP contribution in [0, 0.1) is 11.8 Å². The van der Waals surface area contributed by atoms with Crippen LogP contribution in [-0.4, -0.2) is 24.0 Å². The molecule has 1 saturated heterocycles. The zero-order chi connectivity index (χ0) is 18.2. The number of rotatable bonds is 7. The van der Waals surface area contributed by atoms with Crippen molar-refractivity contribution in [3.63, 3.8) is 0 Å². The lowest BCUT2D eigenvalue weighted by Gasteiger charge is -2.28. The topological polar surface area (TPSA) is 63.2 Å². The molecule has 1 aromatic heterocycles. The van der Waals surface area contributed by atoms with Crippen molar-refractivity contribution < 1.29 is 9.53 Å². The average Bonchev–Trinajstić information content (AvgIpc) is 2.69. The van der Waals surface area contributed by atoms with E-state index >= 15 is 0 Å². The molecule has 1 amide bonds. The van der Waals surface area contributed by atoms with Crippen LogP contribution in [0.3, 0.4) is 0 Å². The van der Waals surface area contributed by atoms with Crippen LogP contribution in [0.15, 0.2) is 48.7 Å². The van der Waals surface area contributed by atoms with Gasteiger partial charge in [0.25, 0.3) is 0 Å². The lowest BCUT2D eigenvalue weighted by molar-refractivity contribution is -0.122. The highest BCUT2D eigenvalue weighted by atomic mass is 16.5. The number of nitrogens with one attached hydrogen (secondary N) is 2. The van der Waals surface area contributed by atoms with Crippen LogP contribution in [0.4, 0.5) is 0 Å². The number of nitrogens with zero attached hydrogens (tertiary/aromatic N) is 1. The molecule has 1 fully saturated rings. The summed E-state index contributed by atoms with van der Waals surface area (Å²) in [6.45, 7) is 4.80. The molecule has 2 aromatic rings. The first-order valence-corrected chi connectivity index (χ1v) is 9.36. The standard InChI is InChI=1S/C21H27N3O2/c1-16(18-6-5-11-22-15-18)12-20(25)23-13-17-9-10-21(24-14-17)26-19-7-3-2-4-8-19/h2-4,7-10,14,16,18,22H,5-6,11-13,15H2,1H3,(H,23,25). The predicted molar refractivity (Wildman–Crippen MR) is 102 cm³/mol. The third kappa shape index (κ3) is 5.56. The first-order valence-electron chi connectivity index (χ1n) is 9.36. The molecule has 5 nitrogen and oxygen atoms in total. The molecule has 2 N–H and O–H groups in total. The fourth-order valence-electron chi connectivity index (χ4n) is 3.28. The van der Waals surface area contributed by atoms with Crippen LogP contribution in [-0.2, 0) is 11.3 Å². The minimum Gasteiger partial charge on any atom is -0.439 e. The van der Waals surface area contributed by atoms with Gasteiger partial charge in [0, 0.05) is 25.2 Å². The van der Waals surface area contributed by atoms with E-state index in [0.717, 1.165) is 24.4 Å². The van der Waals surface area contributed by atoms with E-state index < -0.39 is 0 Å². The number of carbonyl (C=O) groups is 1. The van der Waals surface area contributed by atoms with Gasteiger partial charge in [-0.1, -0.05) is 31.2 Å². The van der Waals surface area contributed by atoms with Crippen molar-refractivity contribution in [1.82, 2.24) is 15.6 Å². The van der Waals surface area contributed by atoms with Crippen molar-refractivity contribution >= 4 is 5.91 Å². The molecule has 2 unspecified atom stereocenters. The zero-order valence-electron chi connectivity index (χ0n) is 15.3. The van der Waals surface area contributed by atoms with Crippen molar-refractivity contribution in [2.24, 2.45) is 11.8 Å². The monoisotopic (exact) mass is 353 g/mol. The maximum absolute atomic E-state index is 12.2. The molecule has 0 bridgehead atoms. The van der Waals surface area contributed by atoms with Gasteiger partial charge in [-0.25, -0.2) is 4.98 Å². The Morgan fingerprint density at radius 3 is 2.85 bits per heavy atom. The van der Waals surface area contributed by atoms with Gasteiger partial charge in [0.15, 0.2) is 0 Å². The van der Waals surface area contributed by atoms with Crippen LogP contribution in [0.1, 0.15) is 31.7 Å². The molecular weight excluding hydrogens is 326 g/mol. The Balaban J connectivity index is 1.43. The van der Waals surface area contributed by atoms with E-state index in [1.54, 1.807) is 6.20 Å². The molecule has 138 valence electrons. The van der Waals surface area contributed by atoms with Crippen molar-refractivity contribution in [2.45, 2.75) is 32.7 Å². The van der Waals surface area contributed by atoms with Crippen LogP contribution < -0.4 is 15.4 Å². The lowest BCUT2D eigenvalue weighted by Crippen LogP contribution is -2.35. The number of carbonyl (C=O) groups excluding carboxylic acids is 1. The van der Waals surface area contributed by atoms with Gasteiger partial charge in [-0.2, -0.15) is 0 Å². The average molecular weight is 353 g/mol. The maximum Gasteiger partial charge on any atom is 0.220 e. The summed E-state index contributed by atoms with van der Waals surface area (Å²) in [5.41, 5.74) is 0.964. The van der Waals surface area contributed by atoms with Crippen LogP contribution in [0.2, 0.25) is 0 Å². The number of hydrogen-bond donors (Lipinski definition) is 2. The first-order chi connectivity index (χ1) is 12.7. The fourth-order valence-corrected chi connectivity index (χ4v) is 3.28. The van der Waals surface area contributed by atoms with Gasteiger partial charge in [-0.05, 0) is 55.5 Å². The van der Waals surface area contributed by atoms with E-state index in [4.69, 9.17) is 4.74 Å². The fraction of sp³-hybridized carbons (Fsp3) is 0.429. The molecule has 1 aliphatic rings. The Morgan fingerprint density at radius 1 is 1.31 bits per heavy atom. The Hall–Kier alpha value is -2.40. The van der Waals surface area contributed by atoms with Gasteiger partial charge in [0.05, 0.1) is 0 Å². The Labute approximate surface area is 155 Å². The van der Waals surface area contributed by atoms with E-state index in [0.29, 0.717) is 30.7 Å². The van der Waals surface area contributed by atoms with E-state index in [2.05, 4.69) is 22.5 Å². The number of para-hydroxylation sites is 1. The molecule has 1 aliphatic heterocycles. The lowest BCUT2D eigenvalue weighted by atomic mass is 9.85. The number of ether oxygens (including phenoxy) is 1. The molecule has 2 atom stereocenters. The Morgan fingerprint density at radius 2 is 2.15 bits per heavy atom. The number of amides is 1.